The van der Waals surface area contributed by atoms with Gasteiger partial charge in [0, 0.05) is 30.9 Å². The van der Waals surface area contributed by atoms with Crippen LogP contribution in [0.2, 0.25) is 0 Å². The Morgan fingerprint density at radius 1 is 1.42 bits per heavy atom. The molecule has 0 bridgehead atoms. The number of piperidine rings is 1. The molecular formula is C15H24FN3. The first kappa shape index (κ1) is 14.3. The van der Waals surface area contributed by atoms with E-state index >= 15 is 0 Å². The van der Waals surface area contributed by atoms with Gasteiger partial charge in [0.2, 0.25) is 0 Å². The minimum atomic E-state index is -0.149. The third-order valence-corrected chi connectivity index (χ3v) is 3.89. The Balaban J connectivity index is 2.22. The Morgan fingerprint density at radius 2 is 2.26 bits per heavy atom. The van der Waals surface area contributed by atoms with Gasteiger partial charge in [-0.2, -0.15) is 0 Å². The number of anilines is 1. The van der Waals surface area contributed by atoms with Crippen molar-refractivity contribution in [1.82, 2.24) is 10.3 Å². The predicted octanol–water partition coefficient (Wildman–Crippen LogP) is 3.10. The van der Waals surface area contributed by atoms with E-state index in [0.717, 1.165) is 32.4 Å². The van der Waals surface area contributed by atoms with Crippen LogP contribution in [0.4, 0.5) is 10.2 Å². The molecule has 0 spiro atoms. The van der Waals surface area contributed by atoms with Crippen LogP contribution in [-0.2, 0) is 6.54 Å². The maximum atomic E-state index is 14.5. The Bertz CT molecular complexity index is 408. The molecule has 0 aliphatic carbocycles. The number of hydrogen-bond donors (Lipinski definition) is 1. The molecule has 1 aromatic rings. The minimum Gasteiger partial charge on any atom is -0.351 e. The highest BCUT2D eigenvalue weighted by molar-refractivity contribution is 5.44. The number of nitrogens with one attached hydrogen (secondary N) is 1. The summed E-state index contributed by atoms with van der Waals surface area (Å²) in [7, 11) is 0. The number of aromatic nitrogens is 1. The van der Waals surface area contributed by atoms with E-state index in [4.69, 9.17) is 0 Å². The molecule has 1 aromatic heterocycles. The van der Waals surface area contributed by atoms with E-state index in [1.807, 2.05) is 6.92 Å². The number of hydrogen-bond acceptors (Lipinski definition) is 3. The van der Waals surface area contributed by atoms with Gasteiger partial charge in [0.1, 0.15) is 0 Å². The van der Waals surface area contributed by atoms with Crippen molar-refractivity contribution in [1.29, 1.82) is 0 Å². The van der Waals surface area contributed by atoms with Gasteiger partial charge in [-0.15, -0.1) is 0 Å². The van der Waals surface area contributed by atoms with Crippen LogP contribution in [-0.4, -0.2) is 24.1 Å². The molecule has 1 N–H and O–H groups in total. The summed E-state index contributed by atoms with van der Waals surface area (Å²) < 4.78 is 14.5. The van der Waals surface area contributed by atoms with Gasteiger partial charge >= 0.3 is 0 Å². The fourth-order valence-electron chi connectivity index (χ4n) is 2.77. The molecule has 1 aliphatic heterocycles. The predicted molar refractivity (Wildman–Crippen MR) is 76.9 cm³/mol. The molecule has 1 saturated heterocycles. The van der Waals surface area contributed by atoms with E-state index < -0.39 is 0 Å². The highest BCUT2D eigenvalue weighted by atomic mass is 19.1. The maximum absolute atomic E-state index is 14.5. The number of nitrogens with zero attached hydrogens (tertiary/aromatic N) is 2. The topological polar surface area (TPSA) is 28.2 Å². The summed E-state index contributed by atoms with van der Waals surface area (Å²) in [5, 5.41) is 3.17. The maximum Gasteiger partial charge on any atom is 0.170 e. The number of pyridine rings is 1. The first-order chi connectivity index (χ1) is 9.27. The molecule has 1 unspecified atom stereocenters. The average molecular weight is 265 g/mol. The van der Waals surface area contributed by atoms with Gasteiger partial charge in [0.25, 0.3) is 0 Å². The largest absolute Gasteiger partial charge is 0.351 e. The third-order valence-electron chi connectivity index (χ3n) is 3.89. The quantitative estimate of drug-likeness (QED) is 0.886. The Labute approximate surface area is 115 Å². The Morgan fingerprint density at radius 3 is 3.00 bits per heavy atom. The normalized spacial score (nSPS) is 19.7. The second-order valence-electron chi connectivity index (χ2n) is 5.14. The summed E-state index contributed by atoms with van der Waals surface area (Å²) in [6.07, 6.45) is 6.31. The molecule has 0 amide bonds. The van der Waals surface area contributed by atoms with Gasteiger partial charge in [-0.05, 0) is 38.3 Å². The lowest BCUT2D eigenvalue weighted by molar-refractivity contribution is 0.437. The summed E-state index contributed by atoms with van der Waals surface area (Å²) in [5.41, 5.74) is 0.715. The fraction of sp³-hybridized carbons (Fsp3) is 0.667. The van der Waals surface area contributed by atoms with Gasteiger partial charge in [-0.3, -0.25) is 0 Å². The molecule has 1 aliphatic rings. The summed E-state index contributed by atoms with van der Waals surface area (Å²) in [6.45, 7) is 6.54. The first-order valence-electron chi connectivity index (χ1n) is 7.38. The molecule has 1 atom stereocenters. The van der Waals surface area contributed by atoms with Gasteiger partial charge in [0.05, 0.1) is 0 Å². The Hall–Kier alpha value is -1.16. The van der Waals surface area contributed by atoms with E-state index in [2.05, 4.69) is 22.1 Å². The Kier molecular flexibility index (Phi) is 5.14. The molecule has 2 rings (SSSR count). The van der Waals surface area contributed by atoms with Crippen LogP contribution in [0.15, 0.2) is 12.3 Å². The molecule has 0 aromatic carbocycles. The second kappa shape index (κ2) is 6.85. The van der Waals surface area contributed by atoms with E-state index in [0.29, 0.717) is 24.0 Å². The molecule has 1 fully saturated rings. The summed E-state index contributed by atoms with van der Waals surface area (Å²) in [4.78, 5) is 6.45. The SMILES string of the molecule is CCNCc1ccnc(N2CCCCC2CC)c1F. The van der Waals surface area contributed by atoms with E-state index in [9.17, 15) is 4.39 Å². The molecule has 0 radical (unpaired) electrons. The zero-order chi connectivity index (χ0) is 13.7. The lowest BCUT2D eigenvalue weighted by atomic mass is 10.00. The van der Waals surface area contributed by atoms with Crippen LogP contribution in [0.3, 0.4) is 0 Å². The molecule has 106 valence electrons. The molecule has 0 saturated carbocycles. The second-order valence-corrected chi connectivity index (χ2v) is 5.14. The monoisotopic (exact) mass is 265 g/mol. The van der Waals surface area contributed by atoms with Crippen LogP contribution < -0.4 is 10.2 Å². The third kappa shape index (κ3) is 3.24. The van der Waals surface area contributed by atoms with Gasteiger partial charge in [-0.1, -0.05) is 13.8 Å². The molecule has 3 nitrogen and oxygen atoms in total. The van der Waals surface area contributed by atoms with Crippen molar-refractivity contribution in [2.45, 2.75) is 52.1 Å². The molecule has 4 heteroatoms. The summed E-state index contributed by atoms with van der Waals surface area (Å²) in [5.74, 6) is 0.394. The molecule has 19 heavy (non-hydrogen) atoms. The van der Waals surface area contributed by atoms with Gasteiger partial charge in [-0.25, -0.2) is 9.37 Å². The van der Waals surface area contributed by atoms with Crippen molar-refractivity contribution in [2.75, 3.05) is 18.0 Å². The van der Waals surface area contributed by atoms with Crippen molar-refractivity contribution >= 4 is 5.82 Å². The minimum absolute atomic E-state index is 0.149. The van der Waals surface area contributed by atoms with Crippen LogP contribution in [0.5, 0.6) is 0 Å². The van der Waals surface area contributed by atoms with Crippen molar-refractivity contribution in [2.24, 2.45) is 0 Å². The highest BCUT2D eigenvalue weighted by Crippen LogP contribution is 2.28. The van der Waals surface area contributed by atoms with E-state index in [1.54, 1.807) is 12.3 Å². The number of rotatable bonds is 5. The van der Waals surface area contributed by atoms with Crippen LogP contribution in [0.25, 0.3) is 0 Å². The summed E-state index contributed by atoms with van der Waals surface area (Å²) >= 11 is 0. The van der Waals surface area contributed by atoms with Gasteiger partial charge in [0.15, 0.2) is 11.6 Å². The van der Waals surface area contributed by atoms with E-state index in [-0.39, 0.29) is 5.82 Å². The smallest absolute Gasteiger partial charge is 0.170 e. The van der Waals surface area contributed by atoms with E-state index in [1.165, 1.54) is 6.42 Å². The van der Waals surface area contributed by atoms with Crippen molar-refractivity contribution in [3.05, 3.63) is 23.6 Å². The standard InChI is InChI=1S/C15H24FN3/c1-3-13-7-5-6-10-19(13)15-14(16)12(8-9-18-15)11-17-4-2/h8-9,13,17H,3-7,10-11H2,1-2H3. The van der Waals surface area contributed by atoms with Crippen LogP contribution in [0, 0.1) is 5.82 Å². The van der Waals surface area contributed by atoms with Crippen LogP contribution in [0.1, 0.15) is 45.1 Å². The van der Waals surface area contributed by atoms with Crippen molar-refractivity contribution in [3.8, 4) is 0 Å². The van der Waals surface area contributed by atoms with Crippen molar-refractivity contribution in [3.63, 3.8) is 0 Å². The lowest BCUT2D eigenvalue weighted by Crippen LogP contribution is -2.40. The molecule has 2 heterocycles. The first-order valence-corrected chi connectivity index (χ1v) is 7.38. The fourth-order valence-corrected chi connectivity index (χ4v) is 2.77. The lowest BCUT2D eigenvalue weighted by Gasteiger charge is -2.36. The van der Waals surface area contributed by atoms with Crippen LogP contribution >= 0.6 is 0 Å². The zero-order valence-corrected chi connectivity index (χ0v) is 12.0. The average Bonchev–Trinajstić information content (AvgIpc) is 2.46. The number of halogens is 1. The van der Waals surface area contributed by atoms with Crippen molar-refractivity contribution < 1.29 is 4.39 Å². The van der Waals surface area contributed by atoms with Gasteiger partial charge < -0.3 is 10.2 Å². The molecular weight excluding hydrogens is 241 g/mol. The highest BCUT2D eigenvalue weighted by Gasteiger charge is 2.25. The zero-order valence-electron chi connectivity index (χ0n) is 12.0. The summed E-state index contributed by atoms with van der Waals surface area (Å²) in [6, 6.07) is 2.21.